The van der Waals surface area contributed by atoms with Crippen molar-refractivity contribution in [3.05, 3.63) is 29.8 Å². The van der Waals surface area contributed by atoms with Crippen molar-refractivity contribution >= 4 is 11.6 Å². The zero-order chi connectivity index (χ0) is 14.4. The van der Waals surface area contributed by atoms with E-state index in [1.54, 1.807) is 0 Å². The first-order valence-electron chi connectivity index (χ1n) is 7.86. The van der Waals surface area contributed by atoms with E-state index in [-0.39, 0.29) is 11.9 Å². The fourth-order valence-electron chi connectivity index (χ4n) is 2.79. The van der Waals surface area contributed by atoms with Gasteiger partial charge in [-0.25, -0.2) is 0 Å². The molecule has 0 unspecified atom stereocenters. The van der Waals surface area contributed by atoms with Gasteiger partial charge in [0.15, 0.2) is 0 Å². The molecule has 0 aromatic heterocycles. The summed E-state index contributed by atoms with van der Waals surface area (Å²) in [6, 6.07) is 8.28. The molecule has 0 bridgehead atoms. The molecule has 1 atom stereocenters. The van der Waals surface area contributed by atoms with E-state index in [1.807, 2.05) is 12.1 Å². The van der Waals surface area contributed by atoms with Crippen molar-refractivity contribution < 1.29 is 4.79 Å². The quantitative estimate of drug-likeness (QED) is 0.890. The van der Waals surface area contributed by atoms with Gasteiger partial charge in [-0.05, 0) is 56.9 Å². The third-order valence-electron chi connectivity index (χ3n) is 3.95. The number of hydrogen-bond acceptors (Lipinski definition) is 2. The number of amides is 1. The van der Waals surface area contributed by atoms with Crippen LogP contribution in [0.15, 0.2) is 24.3 Å². The Labute approximate surface area is 122 Å². The van der Waals surface area contributed by atoms with Gasteiger partial charge in [0.2, 0.25) is 0 Å². The van der Waals surface area contributed by atoms with Gasteiger partial charge in [0, 0.05) is 30.4 Å². The van der Waals surface area contributed by atoms with Crippen molar-refractivity contribution in [2.45, 2.75) is 52.0 Å². The van der Waals surface area contributed by atoms with Gasteiger partial charge in [-0.2, -0.15) is 0 Å². The number of carbonyl (C=O) groups excluding carboxylic acids is 1. The summed E-state index contributed by atoms with van der Waals surface area (Å²) >= 11 is 0. The molecular weight excluding hydrogens is 248 g/mol. The maximum absolute atomic E-state index is 12.1. The van der Waals surface area contributed by atoms with E-state index in [2.05, 4.69) is 36.2 Å². The number of carbonyl (C=O) groups is 1. The molecule has 2 rings (SSSR count). The Morgan fingerprint density at radius 3 is 2.45 bits per heavy atom. The van der Waals surface area contributed by atoms with Crippen LogP contribution in [0, 0.1) is 0 Å². The third kappa shape index (κ3) is 3.99. The molecule has 110 valence electrons. The minimum atomic E-state index is 0.0381. The van der Waals surface area contributed by atoms with E-state index in [0.717, 1.165) is 31.5 Å². The topological polar surface area (TPSA) is 32.3 Å². The van der Waals surface area contributed by atoms with Crippen molar-refractivity contribution in [1.82, 2.24) is 5.32 Å². The molecule has 1 amide bonds. The number of nitrogens with zero attached hydrogens (tertiary/aromatic N) is 1. The highest BCUT2D eigenvalue weighted by atomic mass is 16.1. The second-order valence-corrected chi connectivity index (χ2v) is 5.76. The molecule has 1 aliphatic rings. The van der Waals surface area contributed by atoms with Gasteiger partial charge in [-0.15, -0.1) is 0 Å². The maximum Gasteiger partial charge on any atom is 0.251 e. The molecule has 1 aromatic rings. The van der Waals surface area contributed by atoms with Gasteiger partial charge in [0.25, 0.3) is 5.91 Å². The summed E-state index contributed by atoms with van der Waals surface area (Å²) in [7, 11) is 0. The highest BCUT2D eigenvalue weighted by molar-refractivity contribution is 5.94. The maximum atomic E-state index is 12.1. The van der Waals surface area contributed by atoms with Crippen LogP contribution < -0.4 is 10.2 Å². The van der Waals surface area contributed by atoms with Crippen LogP contribution in [0.25, 0.3) is 0 Å². The summed E-state index contributed by atoms with van der Waals surface area (Å²) in [5.74, 6) is 0.0381. The normalized spacial score (nSPS) is 16.8. The van der Waals surface area contributed by atoms with E-state index >= 15 is 0 Å². The number of rotatable bonds is 5. The molecule has 1 saturated heterocycles. The molecule has 1 fully saturated rings. The standard InChI is InChI=1S/C17H26N2O/c1-3-7-14(2)18-17(20)15-8-10-16(11-9-15)19-12-5-4-6-13-19/h8-11,14H,3-7,12-13H2,1-2H3,(H,18,20)/t14-/m1/s1. The predicted octanol–water partition coefficient (Wildman–Crippen LogP) is 3.60. The fraction of sp³-hybridized carbons (Fsp3) is 0.588. The molecule has 1 aromatic carbocycles. The highest BCUT2D eigenvalue weighted by Gasteiger charge is 2.12. The molecule has 0 aliphatic carbocycles. The van der Waals surface area contributed by atoms with Crippen LogP contribution in [-0.4, -0.2) is 25.0 Å². The smallest absolute Gasteiger partial charge is 0.251 e. The largest absolute Gasteiger partial charge is 0.372 e. The first-order chi connectivity index (χ1) is 9.70. The Bertz CT molecular complexity index is 421. The number of hydrogen-bond donors (Lipinski definition) is 1. The summed E-state index contributed by atoms with van der Waals surface area (Å²) in [4.78, 5) is 14.5. The molecule has 0 radical (unpaired) electrons. The first kappa shape index (κ1) is 14.9. The fourth-order valence-corrected chi connectivity index (χ4v) is 2.79. The second-order valence-electron chi connectivity index (χ2n) is 5.76. The van der Waals surface area contributed by atoms with Crippen LogP contribution in [0.1, 0.15) is 56.3 Å². The molecule has 0 saturated carbocycles. The monoisotopic (exact) mass is 274 g/mol. The molecule has 0 spiro atoms. The lowest BCUT2D eigenvalue weighted by Gasteiger charge is -2.28. The van der Waals surface area contributed by atoms with Crippen molar-refractivity contribution in [3.8, 4) is 0 Å². The SMILES string of the molecule is CCC[C@@H](C)NC(=O)c1ccc(N2CCCCC2)cc1. The summed E-state index contributed by atoms with van der Waals surface area (Å²) < 4.78 is 0. The van der Waals surface area contributed by atoms with Crippen molar-refractivity contribution in [3.63, 3.8) is 0 Å². The van der Waals surface area contributed by atoms with E-state index in [1.165, 1.54) is 24.9 Å². The molecule has 1 N–H and O–H groups in total. The Balaban J connectivity index is 1.95. The molecule has 20 heavy (non-hydrogen) atoms. The lowest BCUT2D eigenvalue weighted by molar-refractivity contribution is 0.0938. The molecule has 1 heterocycles. The Morgan fingerprint density at radius 1 is 1.20 bits per heavy atom. The van der Waals surface area contributed by atoms with E-state index in [4.69, 9.17) is 0 Å². The van der Waals surface area contributed by atoms with Crippen molar-refractivity contribution in [2.24, 2.45) is 0 Å². The number of piperidine rings is 1. The summed E-state index contributed by atoms with van der Waals surface area (Å²) in [5.41, 5.74) is 2.00. The molecule has 1 aliphatic heterocycles. The van der Waals surface area contributed by atoms with Gasteiger partial charge in [-0.1, -0.05) is 13.3 Å². The number of benzene rings is 1. The van der Waals surface area contributed by atoms with Crippen molar-refractivity contribution in [2.75, 3.05) is 18.0 Å². The summed E-state index contributed by atoms with van der Waals surface area (Å²) in [6.45, 7) is 6.47. The van der Waals surface area contributed by atoms with Crippen LogP contribution in [-0.2, 0) is 0 Å². The van der Waals surface area contributed by atoms with Gasteiger partial charge in [0.1, 0.15) is 0 Å². The minimum absolute atomic E-state index is 0.0381. The van der Waals surface area contributed by atoms with Crippen LogP contribution in [0.5, 0.6) is 0 Å². The Hall–Kier alpha value is -1.51. The van der Waals surface area contributed by atoms with E-state index in [0.29, 0.717) is 0 Å². The lowest BCUT2D eigenvalue weighted by Crippen LogP contribution is -2.32. The number of anilines is 1. The third-order valence-corrected chi connectivity index (χ3v) is 3.95. The van der Waals surface area contributed by atoms with E-state index < -0.39 is 0 Å². The van der Waals surface area contributed by atoms with E-state index in [9.17, 15) is 4.79 Å². The Kier molecular flexibility index (Phi) is 5.45. The van der Waals surface area contributed by atoms with Gasteiger partial charge in [0.05, 0.1) is 0 Å². The number of nitrogens with one attached hydrogen (secondary N) is 1. The summed E-state index contributed by atoms with van der Waals surface area (Å²) in [6.07, 6.45) is 6.01. The zero-order valence-electron chi connectivity index (χ0n) is 12.7. The first-order valence-corrected chi connectivity index (χ1v) is 7.86. The van der Waals surface area contributed by atoms with Crippen molar-refractivity contribution in [1.29, 1.82) is 0 Å². The molecule has 3 heteroatoms. The minimum Gasteiger partial charge on any atom is -0.372 e. The van der Waals surface area contributed by atoms with Gasteiger partial charge < -0.3 is 10.2 Å². The lowest BCUT2D eigenvalue weighted by atomic mass is 10.1. The van der Waals surface area contributed by atoms with Crippen LogP contribution >= 0.6 is 0 Å². The average Bonchev–Trinajstić information content (AvgIpc) is 2.48. The Morgan fingerprint density at radius 2 is 1.85 bits per heavy atom. The highest BCUT2D eigenvalue weighted by Crippen LogP contribution is 2.20. The molecular formula is C17H26N2O. The van der Waals surface area contributed by atoms with Gasteiger partial charge in [-0.3, -0.25) is 4.79 Å². The predicted molar refractivity (Wildman–Crippen MR) is 84.3 cm³/mol. The van der Waals surface area contributed by atoms with Crippen LogP contribution in [0.4, 0.5) is 5.69 Å². The molecule has 3 nitrogen and oxygen atoms in total. The van der Waals surface area contributed by atoms with Gasteiger partial charge >= 0.3 is 0 Å². The van der Waals surface area contributed by atoms with Crippen LogP contribution in [0.2, 0.25) is 0 Å². The van der Waals surface area contributed by atoms with Crippen LogP contribution in [0.3, 0.4) is 0 Å². The second kappa shape index (κ2) is 7.32. The zero-order valence-corrected chi connectivity index (χ0v) is 12.7. The summed E-state index contributed by atoms with van der Waals surface area (Å²) in [5, 5.41) is 3.04. The average molecular weight is 274 g/mol.